The topological polar surface area (TPSA) is 45.3 Å². The third-order valence-corrected chi connectivity index (χ3v) is 6.05. The van der Waals surface area contributed by atoms with Crippen molar-refractivity contribution in [3.63, 3.8) is 0 Å². The average Bonchev–Trinajstić information content (AvgIpc) is 3.16. The Bertz CT molecular complexity index is 974. The monoisotopic (exact) mass is 396 g/mol. The van der Waals surface area contributed by atoms with Crippen molar-refractivity contribution in [2.75, 3.05) is 20.2 Å². The van der Waals surface area contributed by atoms with Crippen molar-refractivity contribution in [2.24, 2.45) is 0 Å². The zero-order chi connectivity index (χ0) is 19.5. The van der Waals surface area contributed by atoms with E-state index in [1.54, 1.807) is 7.11 Å². The number of carbonyl (C=O) groups excluding carboxylic acids is 1. The van der Waals surface area contributed by atoms with Crippen molar-refractivity contribution in [3.8, 4) is 5.75 Å². The molecule has 28 heavy (non-hydrogen) atoms. The van der Waals surface area contributed by atoms with Gasteiger partial charge in [0.25, 0.3) is 0 Å². The summed E-state index contributed by atoms with van der Waals surface area (Å²) < 4.78 is 5.18. The summed E-state index contributed by atoms with van der Waals surface area (Å²) >= 11 is 6.18. The van der Waals surface area contributed by atoms with E-state index in [1.807, 2.05) is 23.1 Å². The second-order valence-corrected chi connectivity index (χ2v) is 7.82. The van der Waals surface area contributed by atoms with Crippen molar-refractivity contribution in [3.05, 3.63) is 64.8 Å². The van der Waals surface area contributed by atoms with Gasteiger partial charge in [-0.05, 0) is 54.5 Å². The highest BCUT2D eigenvalue weighted by Gasteiger charge is 2.25. The first-order valence-corrected chi connectivity index (χ1v) is 10.2. The number of hydrogen-bond acceptors (Lipinski definition) is 2. The van der Waals surface area contributed by atoms with Crippen LogP contribution in [0.2, 0.25) is 5.02 Å². The Morgan fingerprint density at radius 2 is 2.00 bits per heavy atom. The predicted octanol–water partition coefficient (Wildman–Crippen LogP) is 5.17. The van der Waals surface area contributed by atoms with Crippen LogP contribution < -0.4 is 4.74 Å². The van der Waals surface area contributed by atoms with Gasteiger partial charge in [-0.3, -0.25) is 4.79 Å². The van der Waals surface area contributed by atoms with E-state index < -0.39 is 0 Å². The normalized spacial score (nSPS) is 15.1. The second-order valence-electron chi connectivity index (χ2n) is 7.41. The van der Waals surface area contributed by atoms with Crippen LogP contribution in [0.5, 0.6) is 5.75 Å². The number of aromatic amines is 1. The van der Waals surface area contributed by atoms with Gasteiger partial charge in [0.05, 0.1) is 12.1 Å². The van der Waals surface area contributed by atoms with Crippen LogP contribution in [0.25, 0.3) is 10.9 Å². The Morgan fingerprint density at radius 3 is 2.75 bits per heavy atom. The molecule has 0 radical (unpaired) electrons. The number of aromatic nitrogens is 1. The van der Waals surface area contributed by atoms with Crippen molar-refractivity contribution >= 4 is 28.4 Å². The summed E-state index contributed by atoms with van der Waals surface area (Å²) in [5, 5.41) is 1.90. The van der Waals surface area contributed by atoms with Gasteiger partial charge in [0.1, 0.15) is 5.75 Å². The maximum absolute atomic E-state index is 12.6. The van der Waals surface area contributed by atoms with Crippen LogP contribution in [0.15, 0.2) is 48.7 Å². The lowest BCUT2D eigenvalue weighted by Crippen LogP contribution is -2.38. The Hall–Kier alpha value is -2.46. The second kappa shape index (κ2) is 8.27. The number of H-pyrrole nitrogens is 1. The molecule has 1 aliphatic rings. The SMILES string of the molecule is COc1ccc(CCC(=O)N2CCC(c3c[nH]c4ccccc34)CC2)cc1Cl. The minimum absolute atomic E-state index is 0.226. The number of ether oxygens (including phenoxy) is 1. The first-order chi connectivity index (χ1) is 13.7. The number of halogens is 1. The molecule has 146 valence electrons. The van der Waals surface area contributed by atoms with Gasteiger partial charge in [-0.2, -0.15) is 0 Å². The number of carbonyl (C=O) groups is 1. The van der Waals surface area contributed by atoms with Crippen LogP contribution in [-0.2, 0) is 11.2 Å². The van der Waals surface area contributed by atoms with Gasteiger partial charge in [-0.25, -0.2) is 0 Å². The molecule has 1 N–H and O–H groups in total. The molecule has 0 spiro atoms. The fraction of sp³-hybridized carbons (Fsp3) is 0.348. The van der Waals surface area contributed by atoms with Gasteiger partial charge >= 0.3 is 0 Å². The van der Waals surface area contributed by atoms with E-state index in [4.69, 9.17) is 16.3 Å². The standard InChI is InChI=1S/C23H25ClN2O2/c1-28-22-8-6-16(14-20(22)24)7-9-23(27)26-12-10-17(11-13-26)19-15-25-21-5-3-2-4-18(19)21/h2-6,8,14-15,17,25H,7,9-13H2,1H3. The average molecular weight is 397 g/mol. The van der Waals surface area contributed by atoms with Gasteiger partial charge in [-0.1, -0.05) is 35.9 Å². The lowest BCUT2D eigenvalue weighted by Gasteiger charge is -2.32. The smallest absolute Gasteiger partial charge is 0.222 e. The van der Waals surface area contributed by atoms with E-state index in [1.165, 1.54) is 16.5 Å². The van der Waals surface area contributed by atoms with E-state index >= 15 is 0 Å². The molecule has 0 bridgehead atoms. The molecule has 0 unspecified atom stereocenters. The molecule has 1 amide bonds. The van der Waals surface area contributed by atoms with Gasteiger partial charge in [-0.15, -0.1) is 0 Å². The summed E-state index contributed by atoms with van der Waals surface area (Å²) in [6.45, 7) is 1.65. The fourth-order valence-corrected chi connectivity index (χ4v) is 4.43. The van der Waals surface area contributed by atoms with Crippen LogP contribution >= 0.6 is 11.6 Å². The number of nitrogens with zero attached hydrogens (tertiary/aromatic N) is 1. The van der Waals surface area contributed by atoms with Gasteiger partial charge in [0, 0.05) is 36.6 Å². The Kier molecular flexibility index (Phi) is 5.58. The Morgan fingerprint density at radius 1 is 1.21 bits per heavy atom. The molecule has 2 heterocycles. The number of nitrogens with one attached hydrogen (secondary N) is 1. The highest BCUT2D eigenvalue weighted by molar-refractivity contribution is 6.32. The number of para-hydroxylation sites is 1. The zero-order valence-corrected chi connectivity index (χ0v) is 16.8. The summed E-state index contributed by atoms with van der Waals surface area (Å²) in [7, 11) is 1.60. The van der Waals surface area contributed by atoms with Gasteiger partial charge < -0.3 is 14.6 Å². The first-order valence-electron chi connectivity index (χ1n) is 9.82. The number of likely N-dealkylation sites (tertiary alicyclic amines) is 1. The fourth-order valence-electron chi connectivity index (χ4n) is 4.15. The summed E-state index contributed by atoms with van der Waals surface area (Å²) in [4.78, 5) is 18.0. The maximum atomic E-state index is 12.6. The molecule has 1 aromatic heterocycles. The molecular weight excluding hydrogens is 372 g/mol. The number of aryl methyl sites for hydroxylation is 1. The van der Waals surface area contributed by atoms with Crippen molar-refractivity contribution in [2.45, 2.75) is 31.6 Å². The van der Waals surface area contributed by atoms with Crippen LogP contribution in [0.3, 0.4) is 0 Å². The summed E-state index contributed by atoms with van der Waals surface area (Å²) in [5.74, 6) is 1.40. The molecule has 2 aromatic carbocycles. The first kappa shape index (κ1) is 18.9. The van der Waals surface area contributed by atoms with E-state index in [-0.39, 0.29) is 5.91 Å². The Balaban J connectivity index is 1.32. The minimum atomic E-state index is 0.226. The van der Waals surface area contributed by atoms with Crippen LogP contribution in [0, 0.1) is 0 Å². The number of benzene rings is 2. The molecule has 0 aliphatic carbocycles. The van der Waals surface area contributed by atoms with E-state index in [2.05, 4.69) is 35.4 Å². The van der Waals surface area contributed by atoms with Crippen LogP contribution in [-0.4, -0.2) is 36.0 Å². The van der Waals surface area contributed by atoms with E-state index in [0.29, 0.717) is 29.5 Å². The number of fused-ring (bicyclic) bond motifs is 1. The largest absolute Gasteiger partial charge is 0.495 e. The highest BCUT2D eigenvalue weighted by atomic mass is 35.5. The molecule has 3 aromatic rings. The molecule has 1 fully saturated rings. The molecule has 1 saturated heterocycles. The quantitative estimate of drug-likeness (QED) is 0.646. The maximum Gasteiger partial charge on any atom is 0.222 e. The summed E-state index contributed by atoms with van der Waals surface area (Å²) in [6, 6.07) is 14.2. The van der Waals surface area contributed by atoms with Gasteiger partial charge in [0.2, 0.25) is 5.91 Å². The predicted molar refractivity (Wildman–Crippen MR) is 113 cm³/mol. The third-order valence-electron chi connectivity index (χ3n) is 5.75. The molecule has 4 rings (SSSR count). The number of methoxy groups -OCH3 is 1. The Labute approximate surface area is 170 Å². The lowest BCUT2D eigenvalue weighted by molar-refractivity contribution is -0.132. The highest BCUT2D eigenvalue weighted by Crippen LogP contribution is 2.33. The van der Waals surface area contributed by atoms with Crippen molar-refractivity contribution in [1.82, 2.24) is 9.88 Å². The van der Waals surface area contributed by atoms with E-state index in [9.17, 15) is 4.79 Å². The summed E-state index contributed by atoms with van der Waals surface area (Å²) in [6.07, 6.45) is 5.38. The molecular formula is C23H25ClN2O2. The molecule has 4 nitrogen and oxygen atoms in total. The molecule has 5 heteroatoms. The molecule has 1 aliphatic heterocycles. The minimum Gasteiger partial charge on any atom is -0.495 e. The zero-order valence-electron chi connectivity index (χ0n) is 16.1. The number of hydrogen-bond donors (Lipinski definition) is 1. The third kappa shape index (κ3) is 3.88. The number of rotatable bonds is 5. The van der Waals surface area contributed by atoms with Gasteiger partial charge in [0.15, 0.2) is 0 Å². The summed E-state index contributed by atoms with van der Waals surface area (Å²) in [5.41, 5.74) is 3.64. The van der Waals surface area contributed by atoms with Crippen molar-refractivity contribution < 1.29 is 9.53 Å². The number of piperidine rings is 1. The van der Waals surface area contributed by atoms with Crippen LogP contribution in [0.1, 0.15) is 36.3 Å². The molecule has 0 atom stereocenters. The van der Waals surface area contributed by atoms with E-state index in [0.717, 1.165) is 31.5 Å². The lowest BCUT2D eigenvalue weighted by atomic mass is 9.89. The molecule has 0 saturated carbocycles. The van der Waals surface area contributed by atoms with Crippen molar-refractivity contribution in [1.29, 1.82) is 0 Å². The number of amides is 1. The van der Waals surface area contributed by atoms with Crippen LogP contribution in [0.4, 0.5) is 0 Å².